The molecule has 148 valence electrons. The summed E-state index contributed by atoms with van der Waals surface area (Å²) in [6.45, 7) is 1.57. The summed E-state index contributed by atoms with van der Waals surface area (Å²) >= 11 is 3.53. The number of fused-ring (bicyclic) bond motifs is 1. The lowest BCUT2D eigenvalue weighted by atomic mass is 10.1. The van der Waals surface area contributed by atoms with Crippen LogP contribution in [0.4, 0.5) is 0 Å². The number of carbonyl (C=O) groups excluding carboxylic acids is 1. The lowest BCUT2D eigenvalue weighted by Crippen LogP contribution is -2.30. The molecule has 0 aliphatic carbocycles. The van der Waals surface area contributed by atoms with Crippen LogP contribution in [0.3, 0.4) is 0 Å². The van der Waals surface area contributed by atoms with E-state index in [1.807, 2.05) is 42.9 Å². The van der Waals surface area contributed by atoms with Gasteiger partial charge in [0.05, 0.1) is 18.1 Å². The van der Waals surface area contributed by atoms with Gasteiger partial charge in [-0.2, -0.15) is 11.8 Å². The van der Waals surface area contributed by atoms with Gasteiger partial charge < -0.3 is 19.2 Å². The van der Waals surface area contributed by atoms with Gasteiger partial charge in [-0.25, -0.2) is 0 Å². The number of thioether (sulfide) groups is 2. The van der Waals surface area contributed by atoms with Crippen molar-refractivity contribution in [3.05, 3.63) is 59.7 Å². The zero-order chi connectivity index (χ0) is 19.5. The van der Waals surface area contributed by atoms with Crippen LogP contribution in [0.2, 0.25) is 0 Å². The van der Waals surface area contributed by atoms with Crippen LogP contribution < -0.4 is 0 Å². The summed E-state index contributed by atoms with van der Waals surface area (Å²) in [6.07, 6.45) is 2.05. The van der Waals surface area contributed by atoms with E-state index in [1.165, 1.54) is 10.9 Å². The highest BCUT2D eigenvalue weighted by Crippen LogP contribution is 2.41. The Morgan fingerprint density at radius 2 is 2.07 bits per heavy atom. The van der Waals surface area contributed by atoms with Crippen LogP contribution >= 0.6 is 23.5 Å². The third-order valence-corrected chi connectivity index (χ3v) is 6.96. The Kier molecular flexibility index (Phi) is 6.04. The first-order chi connectivity index (χ1) is 13.6. The van der Waals surface area contributed by atoms with Gasteiger partial charge >= 0.3 is 0 Å². The third-order valence-electron chi connectivity index (χ3n) is 4.77. The second kappa shape index (κ2) is 8.68. The zero-order valence-electron chi connectivity index (χ0n) is 16.2. The van der Waals surface area contributed by atoms with Crippen LogP contribution in [0.25, 0.3) is 10.9 Å². The number of amides is 1. The highest BCUT2D eigenvalue weighted by molar-refractivity contribution is 8.00. The Labute approximate surface area is 173 Å². The van der Waals surface area contributed by atoms with Crippen molar-refractivity contribution in [3.8, 4) is 0 Å². The summed E-state index contributed by atoms with van der Waals surface area (Å²) in [5.74, 6) is 4.51. The molecule has 1 aliphatic heterocycles. The summed E-state index contributed by atoms with van der Waals surface area (Å²) in [5, 5.41) is 1.30. The average molecular weight is 416 g/mol. The van der Waals surface area contributed by atoms with Gasteiger partial charge in [-0.05, 0) is 32.3 Å². The van der Waals surface area contributed by atoms with Crippen LogP contribution in [0.5, 0.6) is 0 Å². The molecule has 4 rings (SSSR count). The van der Waals surface area contributed by atoms with Crippen LogP contribution in [-0.2, 0) is 17.1 Å². The average Bonchev–Trinajstić information content (AvgIpc) is 3.37. The zero-order valence-corrected chi connectivity index (χ0v) is 17.8. The fourth-order valence-electron chi connectivity index (χ4n) is 3.48. The minimum Gasteiger partial charge on any atom is -0.464 e. The second-order valence-electron chi connectivity index (χ2n) is 7.20. The van der Waals surface area contributed by atoms with Crippen molar-refractivity contribution in [3.63, 3.8) is 0 Å². The molecule has 28 heavy (non-hydrogen) atoms. The van der Waals surface area contributed by atoms with Gasteiger partial charge in [0, 0.05) is 35.0 Å². The van der Waals surface area contributed by atoms with E-state index in [0.29, 0.717) is 5.75 Å². The van der Waals surface area contributed by atoms with Crippen molar-refractivity contribution in [2.45, 2.75) is 17.7 Å². The number of nitrogens with zero attached hydrogens (tertiary/aromatic N) is 2. The van der Waals surface area contributed by atoms with E-state index in [1.54, 1.807) is 11.8 Å². The lowest BCUT2D eigenvalue weighted by molar-refractivity contribution is -0.127. The molecule has 0 spiro atoms. The van der Waals surface area contributed by atoms with Crippen LogP contribution in [0, 0.1) is 0 Å². The summed E-state index contributed by atoms with van der Waals surface area (Å²) in [7, 11) is 4.07. The molecular weight excluding hydrogens is 390 g/mol. The molecule has 1 unspecified atom stereocenters. The summed E-state index contributed by atoms with van der Waals surface area (Å²) in [4.78, 5) is 19.9. The van der Waals surface area contributed by atoms with Gasteiger partial charge in [-0.3, -0.25) is 4.79 Å². The summed E-state index contributed by atoms with van der Waals surface area (Å²) < 4.78 is 5.86. The van der Waals surface area contributed by atoms with Crippen molar-refractivity contribution in [2.24, 2.45) is 0 Å². The Bertz CT molecular complexity index is 950. The minimum absolute atomic E-state index is 0.0968. The molecule has 3 heterocycles. The maximum atomic E-state index is 12.4. The number of rotatable bonds is 8. The predicted octanol–water partition coefficient (Wildman–Crippen LogP) is 4.33. The first-order valence-electron chi connectivity index (χ1n) is 9.39. The molecule has 2 aromatic heterocycles. The normalized spacial score (nSPS) is 17.3. The molecule has 1 fully saturated rings. The number of para-hydroxylation sites is 1. The van der Waals surface area contributed by atoms with Gasteiger partial charge in [0.25, 0.3) is 0 Å². The van der Waals surface area contributed by atoms with Crippen molar-refractivity contribution in [2.75, 3.05) is 32.1 Å². The Morgan fingerprint density at radius 1 is 1.25 bits per heavy atom. The van der Waals surface area contributed by atoms with Crippen molar-refractivity contribution in [1.82, 2.24) is 14.8 Å². The molecule has 7 heteroatoms. The monoisotopic (exact) mass is 415 g/mol. The molecule has 1 atom stereocenters. The number of carbonyl (C=O) groups is 1. The molecule has 0 bridgehead atoms. The first-order valence-corrected chi connectivity index (χ1v) is 11.6. The first kappa shape index (κ1) is 19.5. The molecule has 1 N–H and O–H groups in total. The molecule has 0 saturated carbocycles. The van der Waals surface area contributed by atoms with Crippen molar-refractivity contribution < 1.29 is 9.21 Å². The summed E-state index contributed by atoms with van der Waals surface area (Å²) in [5.41, 5.74) is 2.33. The standard InChI is InChI=1S/C21H25N3O2S2/c1-23(2)12-15-7-8-16(26-15)13-27-10-9-24-20(25)14-28-21(24)18-11-22-19-6-4-3-5-17(18)19/h3-8,11,21-22H,9-10,12-14H2,1-2H3. The maximum absolute atomic E-state index is 12.4. The minimum atomic E-state index is 0.0968. The lowest BCUT2D eigenvalue weighted by Gasteiger charge is -2.23. The van der Waals surface area contributed by atoms with E-state index in [-0.39, 0.29) is 11.3 Å². The van der Waals surface area contributed by atoms with Gasteiger partial charge in [0.15, 0.2) is 0 Å². The molecule has 5 nitrogen and oxygen atoms in total. The van der Waals surface area contributed by atoms with Crippen LogP contribution in [-0.4, -0.2) is 52.8 Å². The van der Waals surface area contributed by atoms with E-state index in [0.717, 1.165) is 41.6 Å². The molecular formula is C21H25N3O2S2. The molecule has 1 aromatic carbocycles. The van der Waals surface area contributed by atoms with E-state index < -0.39 is 0 Å². The third kappa shape index (κ3) is 4.26. The van der Waals surface area contributed by atoms with Crippen LogP contribution in [0.1, 0.15) is 22.5 Å². The van der Waals surface area contributed by atoms with Gasteiger partial charge in [0.1, 0.15) is 16.9 Å². The summed E-state index contributed by atoms with van der Waals surface area (Å²) in [6, 6.07) is 12.4. The van der Waals surface area contributed by atoms with E-state index in [4.69, 9.17) is 4.42 Å². The molecule has 0 radical (unpaired) electrons. The highest BCUT2D eigenvalue weighted by atomic mass is 32.2. The number of H-pyrrole nitrogens is 1. The smallest absolute Gasteiger partial charge is 0.233 e. The largest absolute Gasteiger partial charge is 0.464 e. The van der Waals surface area contributed by atoms with Gasteiger partial charge in [-0.15, -0.1) is 11.8 Å². The highest BCUT2D eigenvalue weighted by Gasteiger charge is 2.33. The van der Waals surface area contributed by atoms with Crippen molar-refractivity contribution >= 4 is 40.3 Å². The van der Waals surface area contributed by atoms with Gasteiger partial charge in [0.2, 0.25) is 5.91 Å². The molecule has 3 aromatic rings. The number of aromatic amines is 1. The van der Waals surface area contributed by atoms with Crippen LogP contribution in [0.15, 0.2) is 47.0 Å². The quantitative estimate of drug-likeness (QED) is 0.555. The SMILES string of the molecule is CN(C)Cc1ccc(CSCCN2C(=O)CSC2c2c[nH]c3ccccc23)o1. The Hall–Kier alpha value is -1.83. The number of nitrogens with one attached hydrogen (secondary N) is 1. The molecule has 1 saturated heterocycles. The topological polar surface area (TPSA) is 52.5 Å². The van der Waals surface area contributed by atoms with Gasteiger partial charge in [-0.1, -0.05) is 18.2 Å². The Balaban J connectivity index is 1.34. The Morgan fingerprint density at radius 3 is 2.93 bits per heavy atom. The number of hydrogen-bond donors (Lipinski definition) is 1. The molecule has 1 amide bonds. The number of hydrogen-bond acceptors (Lipinski definition) is 5. The second-order valence-corrected chi connectivity index (χ2v) is 9.37. The maximum Gasteiger partial charge on any atom is 0.233 e. The van der Waals surface area contributed by atoms with E-state index >= 15 is 0 Å². The predicted molar refractivity (Wildman–Crippen MR) is 117 cm³/mol. The number of furan rings is 1. The molecule has 1 aliphatic rings. The van der Waals surface area contributed by atoms with Crippen molar-refractivity contribution in [1.29, 1.82) is 0 Å². The fourth-order valence-corrected chi connectivity index (χ4v) is 5.55. The number of aromatic nitrogens is 1. The number of benzene rings is 1. The van der Waals surface area contributed by atoms with E-state index in [2.05, 4.69) is 40.3 Å². The fraction of sp³-hybridized carbons (Fsp3) is 0.381. The van der Waals surface area contributed by atoms with E-state index in [9.17, 15) is 4.79 Å².